The van der Waals surface area contributed by atoms with Crippen molar-refractivity contribution in [1.82, 2.24) is 0 Å². The topological polar surface area (TPSA) is 26.3 Å². The zero-order valence-corrected chi connectivity index (χ0v) is 10.5. The van der Waals surface area contributed by atoms with Crippen LogP contribution in [-0.2, 0) is 9.53 Å². The largest absolute Gasteiger partial charge is 0.462 e. The number of esters is 1. The molecule has 4 atom stereocenters. The fourth-order valence-electron chi connectivity index (χ4n) is 3.69. The zero-order chi connectivity index (χ0) is 11.7. The van der Waals surface area contributed by atoms with Crippen molar-refractivity contribution < 1.29 is 9.53 Å². The summed E-state index contributed by atoms with van der Waals surface area (Å²) in [5.41, 5.74) is 1.60. The Balaban J connectivity index is 2.07. The third kappa shape index (κ3) is 2.02. The first-order valence-electron chi connectivity index (χ1n) is 6.48. The van der Waals surface area contributed by atoms with E-state index in [2.05, 4.69) is 19.9 Å². The Kier molecular flexibility index (Phi) is 3.36. The number of hydrogen-bond donors (Lipinski definition) is 0. The third-order valence-electron chi connectivity index (χ3n) is 4.28. The minimum atomic E-state index is -0.128. The van der Waals surface area contributed by atoms with E-state index in [1.807, 2.05) is 0 Å². The second-order valence-corrected chi connectivity index (χ2v) is 5.23. The maximum atomic E-state index is 11.1. The van der Waals surface area contributed by atoms with Gasteiger partial charge in [-0.15, -0.1) is 0 Å². The first kappa shape index (κ1) is 11.7. The van der Waals surface area contributed by atoms with Gasteiger partial charge in [0.25, 0.3) is 0 Å². The van der Waals surface area contributed by atoms with Crippen LogP contribution in [0.3, 0.4) is 0 Å². The molecular formula is C14H22O2. The summed E-state index contributed by atoms with van der Waals surface area (Å²) >= 11 is 0. The molecule has 0 saturated heterocycles. The van der Waals surface area contributed by atoms with Crippen LogP contribution < -0.4 is 0 Å². The van der Waals surface area contributed by atoms with Gasteiger partial charge >= 0.3 is 5.97 Å². The maximum absolute atomic E-state index is 11.1. The molecule has 2 aliphatic rings. The normalized spacial score (nSPS) is 36.7. The van der Waals surface area contributed by atoms with Crippen LogP contribution in [0.15, 0.2) is 11.6 Å². The Morgan fingerprint density at radius 2 is 2.31 bits per heavy atom. The summed E-state index contributed by atoms with van der Waals surface area (Å²) < 4.78 is 5.46. The van der Waals surface area contributed by atoms with Crippen molar-refractivity contribution >= 4 is 5.97 Å². The molecule has 2 fully saturated rings. The number of hydrogen-bond acceptors (Lipinski definition) is 2. The fourth-order valence-corrected chi connectivity index (χ4v) is 3.69. The van der Waals surface area contributed by atoms with Crippen LogP contribution in [0.2, 0.25) is 0 Å². The first-order valence-corrected chi connectivity index (χ1v) is 6.48. The van der Waals surface area contributed by atoms with Crippen molar-refractivity contribution in [2.75, 3.05) is 0 Å². The molecule has 0 radical (unpaired) electrons. The van der Waals surface area contributed by atoms with Gasteiger partial charge in [0.2, 0.25) is 0 Å². The lowest BCUT2D eigenvalue weighted by Crippen LogP contribution is -2.30. The highest BCUT2D eigenvalue weighted by molar-refractivity contribution is 5.66. The molecule has 90 valence electrons. The van der Waals surface area contributed by atoms with E-state index in [-0.39, 0.29) is 12.1 Å². The lowest BCUT2D eigenvalue weighted by Gasteiger charge is -2.30. The summed E-state index contributed by atoms with van der Waals surface area (Å²) in [6, 6.07) is 0. The molecule has 0 aromatic carbocycles. The first-order chi connectivity index (χ1) is 7.65. The Labute approximate surface area is 98.1 Å². The van der Waals surface area contributed by atoms with E-state index in [1.54, 1.807) is 5.57 Å². The Bertz CT molecular complexity index is 306. The maximum Gasteiger partial charge on any atom is 0.302 e. The molecule has 0 aliphatic heterocycles. The molecule has 2 rings (SSSR count). The minimum absolute atomic E-state index is 0.128. The average Bonchev–Trinajstić information content (AvgIpc) is 2.84. The molecule has 2 nitrogen and oxygen atoms in total. The van der Waals surface area contributed by atoms with E-state index in [0.717, 1.165) is 12.3 Å². The highest BCUT2D eigenvalue weighted by Gasteiger charge is 2.46. The molecule has 0 spiro atoms. The predicted octanol–water partition coefficient (Wildman–Crippen LogP) is 3.32. The van der Waals surface area contributed by atoms with Crippen molar-refractivity contribution in [2.24, 2.45) is 17.8 Å². The van der Waals surface area contributed by atoms with Crippen molar-refractivity contribution in [3.8, 4) is 0 Å². The van der Waals surface area contributed by atoms with Gasteiger partial charge in [-0.25, -0.2) is 0 Å². The molecule has 0 amide bonds. The molecular weight excluding hydrogens is 200 g/mol. The molecule has 16 heavy (non-hydrogen) atoms. The molecule has 2 saturated carbocycles. The van der Waals surface area contributed by atoms with Gasteiger partial charge in [-0.1, -0.05) is 18.6 Å². The molecule has 0 aromatic heterocycles. The van der Waals surface area contributed by atoms with Gasteiger partial charge in [0, 0.05) is 12.8 Å². The molecule has 0 heterocycles. The standard InChI is InChI=1S/C14H22O2/c1-4-11-6-10-7-12(11)13(8-10)14(5-2)16-9(3)15/h4,10,12-14H,5-8H2,1-3H3/b11-4+. The average molecular weight is 222 g/mol. The van der Waals surface area contributed by atoms with Gasteiger partial charge in [0.1, 0.15) is 6.10 Å². The van der Waals surface area contributed by atoms with Crippen LogP contribution in [0, 0.1) is 17.8 Å². The van der Waals surface area contributed by atoms with Gasteiger partial charge < -0.3 is 4.74 Å². The SMILES string of the molecule is C/C=C1\CC2CC1C(C(CC)OC(C)=O)C2. The molecule has 4 unspecified atom stereocenters. The van der Waals surface area contributed by atoms with Crippen LogP contribution in [0.5, 0.6) is 0 Å². The van der Waals surface area contributed by atoms with Crippen LogP contribution in [0.1, 0.15) is 46.5 Å². The van der Waals surface area contributed by atoms with E-state index >= 15 is 0 Å². The van der Waals surface area contributed by atoms with Crippen LogP contribution >= 0.6 is 0 Å². The van der Waals surface area contributed by atoms with E-state index in [1.165, 1.54) is 26.2 Å². The summed E-state index contributed by atoms with van der Waals surface area (Å²) in [5, 5.41) is 0. The summed E-state index contributed by atoms with van der Waals surface area (Å²) in [6.07, 6.45) is 7.23. The molecule has 0 N–H and O–H groups in total. The third-order valence-corrected chi connectivity index (χ3v) is 4.28. The van der Waals surface area contributed by atoms with Crippen molar-refractivity contribution in [3.05, 3.63) is 11.6 Å². The smallest absolute Gasteiger partial charge is 0.302 e. The van der Waals surface area contributed by atoms with Crippen LogP contribution in [0.4, 0.5) is 0 Å². The van der Waals surface area contributed by atoms with Gasteiger partial charge in [0.15, 0.2) is 0 Å². The second-order valence-electron chi connectivity index (χ2n) is 5.23. The van der Waals surface area contributed by atoms with E-state index < -0.39 is 0 Å². The number of rotatable bonds is 3. The lowest BCUT2D eigenvalue weighted by molar-refractivity contribution is -0.150. The van der Waals surface area contributed by atoms with E-state index in [0.29, 0.717) is 11.8 Å². The highest BCUT2D eigenvalue weighted by atomic mass is 16.5. The van der Waals surface area contributed by atoms with Crippen LogP contribution in [0.25, 0.3) is 0 Å². The Morgan fingerprint density at radius 3 is 2.81 bits per heavy atom. The highest BCUT2D eigenvalue weighted by Crippen LogP contribution is 2.53. The van der Waals surface area contributed by atoms with Gasteiger partial charge in [-0.2, -0.15) is 0 Å². The summed E-state index contributed by atoms with van der Waals surface area (Å²) in [5.74, 6) is 2.00. The number of fused-ring (bicyclic) bond motifs is 2. The van der Waals surface area contributed by atoms with Crippen molar-refractivity contribution in [3.63, 3.8) is 0 Å². The number of ether oxygens (including phenoxy) is 1. The number of carbonyl (C=O) groups is 1. The zero-order valence-electron chi connectivity index (χ0n) is 10.5. The number of carbonyl (C=O) groups excluding carboxylic acids is 1. The summed E-state index contributed by atoms with van der Waals surface area (Å²) in [7, 11) is 0. The monoisotopic (exact) mass is 222 g/mol. The lowest BCUT2D eigenvalue weighted by atomic mass is 9.80. The molecule has 0 aromatic rings. The summed E-state index contributed by atoms with van der Waals surface area (Å²) in [6.45, 7) is 5.78. The van der Waals surface area contributed by atoms with Crippen LogP contribution in [-0.4, -0.2) is 12.1 Å². The fraction of sp³-hybridized carbons (Fsp3) is 0.786. The van der Waals surface area contributed by atoms with E-state index in [9.17, 15) is 4.79 Å². The summed E-state index contributed by atoms with van der Waals surface area (Å²) in [4.78, 5) is 11.1. The van der Waals surface area contributed by atoms with Crippen molar-refractivity contribution in [1.29, 1.82) is 0 Å². The van der Waals surface area contributed by atoms with Gasteiger partial charge in [-0.05, 0) is 44.4 Å². The predicted molar refractivity (Wildman–Crippen MR) is 63.9 cm³/mol. The van der Waals surface area contributed by atoms with Gasteiger partial charge in [-0.3, -0.25) is 4.79 Å². The number of allylic oxidation sites excluding steroid dienone is 2. The minimum Gasteiger partial charge on any atom is -0.462 e. The van der Waals surface area contributed by atoms with E-state index in [4.69, 9.17) is 4.74 Å². The Morgan fingerprint density at radius 1 is 1.56 bits per heavy atom. The Hall–Kier alpha value is -0.790. The van der Waals surface area contributed by atoms with Gasteiger partial charge in [0.05, 0.1) is 0 Å². The molecule has 2 aliphatic carbocycles. The molecule has 2 heteroatoms. The molecule has 2 bridgehead atoms. The quantitative estimate of drug-likeness (QED) is 0.541. The van der Waals surface area contributed by atoms with Crippen molar-refractivity contribution in [2.45, 2.75) is 52.6 Å². The second kappa shape index (κ2) is 4.60.